The van der Waals surface area contributed by atoms with Gasteiger partial charge < -0.3 is 10.1 Å². The van der Waals surface area contributed by atoms with Crippen LogP contribution < -0.4 is 10.1 Å². The molecule has 2 aromatic heterocycles. The molecule has 1 amide bonds. The quantitative estimate of drug-likeness (QED) is 0.549. The van der Waals surface area contributed by atoms with Crippen LogP contribution in [0, 0.1) is 13.8 Å². The maximum absolute atomic E-state index is 12.4. The lowest BCUT2D eigenvalue weighted by atomic mass is 10.1. The number of aryl methyl sites for hydroxylation is 2. The Balaban J connectivity index is 1.48. The number of benzene rings is 2. The summed E-state index contributed by atoms with van der Waals surface area (Å²) >= 11 is 1.57. The van der Waals surface area contributed by atoms with E-state index in [-0.39, 0.29) is 12.5 Å². The Morgan fingerprint density at radius 2 is 2.04 bits per heavy atom. The molecule has 0 spiro atoms. The lowest BCUT2D eigenvalue weighted by Gasteiger charge is -2.11. The summed E-state index contributed by atoms with van der Waals surface area (Å²) in [5, 5.41) is 4.92. The molecule has 1 N–H and O–H groups in total. The minimum absolute atomic E-state index is 0.0465. The number of para-hydroxylation sites is 1. The monoisotopic (exact) mass is 377 g/mol. The van der Waals surface area contributed by atoms with Crippen molar-refractivity contribution in [2.24, 2.45) is 0 Å². The smallest absolute Gasteiger partial charge is 0.262 e. The second-order valence-corrected chi connectivity index (χ2v) is 7.22. The van der Waals surface area contributed by atoms with Gasteiger partial charge in [0.15, 0.2) is 11.6 Å². The van der Waals surface area contributed by atoms with Crippen molar-refractivity contribution in [2.75, 3.05) is 11.9 Å². The Kier molecular flexibility index (Phi) is 4.64. The zero-order chi connectivity index (χ0) is 18.8. The molecule has 0 radical (unpaired) electrons. The molecule has 0 saturated heterocycles. The van der Waals surface area contributed by atoms with Gasteiger partial charge in [-0.3, -0.25) is 9.20 Å². The van der Waals surface area contributed by atoms with Gasteiger partial charge in [0.2, 0.25) is 0 Å². The van der Waals surface area contributed by atoms with Gasteiger partial charge in [-0.05, 0) is 43.2 Å². The molecule has 2 heterocycles. The van der Waals surface area contributed by atoms with E-state index in [1.807, 2.05) is 78.5 Å². The van der Waals surface area contributed by atoms with Crippen LogP contribution in [-0.2, 0) is 4.79 Å². The lowest BCUT2D eigenvalue weighted by Crippen LogP contribution is -2.20. The molecule has 0 aliphatic rings. The number of rotatable bonds is 5. The van der Waals surface area contributed by atoms with Crippen molar-refractivity contribution >= 4 is 27.9 Å². The molecule has 5 nitrogen and oxygen atoms in total. The van der Waals surface area contributed by atoms with E-state index in [1.165, 1.54) is 5.56 Å². The van der Waals surface area contributed by atoms with E-state index in [0.717, 1.165) is 27.5 Å². The summed E-state index contributed by atoms with van der Waals surface area (Å²) in [6.07, 6.45) is 3.93. The Labute approximate surface area is 161 Å². The van der Waals surface area contributed by atoms with Crippen LogP contribution in [0.1, 0.15) is 11.1 Å². The first-order valence-corrected chi connectivity index (χ1v) is 9.49. The number of hydrogen-bond acceptors (Lipinski definition) is 4. The maximum atomic E-state index is 12.4. The van der Waals surface area contributed by atoms with Crippen LogP contribution in [-0.4, -0.2) is 21.9 Å². The van der Waals surface area contributed by atoms with Gasteiger partial charge >= 0.3 is 0 Å². The van der Waals surface area contributed by atoms with Crippen LogP contribution >= 0.6 is 11.3 Å². The van der Waals surface area contributed by atoms with Crippen molar-refractivity contribution in [3.05, 3.63) is 71.4 Å². The number of ether oxygens (including phenoxy) is 1. The normalized spacial score (nSPS) is 10.9. The van der Waals surface area contributed by atoms with Crippen molar-refractivity contribution in [2.45, 2.75) is 13.8 Å². The predicted octanol–water partition coefficient (Wildman–Crippen LogP) is 4.70. The summed E-state index contributed by atoms with van der Waals surface area (Å²) in [4.78, 5) is 17.9. The van der Waals surface area contributed by atoms with E-state index in [2.05, 4.69) is 10.3 Å². The summed E-state index contributed by atoms with van der Waals surface area (Å²) in [6.45, 7) is 4.02. The fourth-order valence-electron chi connectivity index (χ4n) is 2.81. The van der Waals surface area contributed by atoms with E-state index in [9.17, 15) is 4.79 Å². The third-order valence-corrected chi connectivity index (χ3v) is 5.19. The van der Waals surface area contributed by atoms with E-state index in [4.69, 9.17) is 4.74 Å². The fraction of sp³-hybridized carbons (Fsp3) is 0.143. The number of nitrogens with zero attached hydrogens (tertiary/aromatic N) is 2. The van der Waals surface area contributed by atoms with Gasteiger partial charge in [-0.25, -0.2) is 4.98 Å². The Hall–Kier alpha value is -3.12. The van der Waals surface area contributed by atoms with Crippen molar-refractivity contribution in [1.82, 2.24) is 9.38 Å². The van der Waals surface area contributed by atoms with Gasteiger partial charge in [0.05, 0.1) is 11.4 Å². The van der Waals surface area contributed by atoms with Gasteiger partial charge in [0.1, 0.15) is 5.75 Å². The molecule has 2 aromatic carbocycles. The highest BCUT2D eigenvalue weighted by Gasteiger charge is 2.12. The molecule has 27 heavy (non-hydrogen) atoms. The molecule has 0 atom stereocenters. The number of carbonyl (C=O) groups is 1. The van der Waals surface area contributed by atoms with Crippen LogP contribution in [0.3, 0.4) is 0 Å². The number of anilines is 1. The summed E-state index contributed by atoms with van der Waals surface area (Å²) in [7, 11) is 0. The average Bonchev–Trinajstić information content (AvgIpc) is 3.25. The Morgan fingerprint density at radius 3 is 2.85 bits per heavy atom. The van der Waals surface area contributed by atoms with Gasteiger partial charge in [0.25, 0.3) is 5.91 Å². The number of thiazole rings is 1. The molecule has 0 unspecified atom stereocenters. The molecule has 136 valence electrons. The van der Waals surface area contributed by atoms with Crippen molar-refractivity contribution in [3.63, 3.8) is 0 Å². The number of amides is 1. The van der Waals surface area contributed by atoms with Crippen LogP contribution in [0.4, 0.5) is 5.69 Å². The molecule has 4 rings (SSSR count). The summed E-state index contributed by atoms with van der Waals surface area (Å²) in [5.41, 5.74) is 4.76. The van der Waals surface area contributed by atoms with Crippen LogP contribution in [0.25, 0.3) is 16.2 Å². The van der Waals surface area contributed by atoms with Gasteiger partial charge in [0, 0.05) is 23.3 Å². The molecular formula is C21H19N3O2S. The molecular weight excluding hydrogens is 358 g/mol. The Morgan fingerprint density at radius 1 is 1.19 bits per heavy atom. The first-order valence-electron chi connectivity index (χ1n) is 8.61. The number of imidazole rings is 1. The SMILES string of the molecule is Cc1ccc(OCC(=O)Nc2ccccc2-c2cn3ccsc3n2)cc1C. The first kappa shape index (κ1) is 17.3. The fourth-order valence-corrected chi connectivity index (χ4v) is 3.51. The van der Waals surface area contributed by atoms with Crippen LogP contribution in [0.2, 0.25) is 0 Å². The average molecular weight is 377 g/mol. The zero-order valence-corrected chi connectivity index (χ0v) is 15.9. The second-order valence-electron chi connectivity index (χ2n) is 6.35. The van der Waals surface area contributed by atoms with Gasteiger partial charge in [-0.2, -0.15) is 0 Å². The summed E-state index contributed by atoms with van der Waals surface area (Å²) in [5.74, 6) is 0.484. The number of hydrogen-bond donors (Lipinski definition) is 1. The maximum Gasteiger partial charge on any atom is 0.262 e. The van der Waals surface area contributed by atoms with Crippen molar-refractivity contribution < 1.29 is 9.53 Å². The largest absolute Gasteiger partial charge is 0.484 e. The highest BCUT2D eigenvalue weighted by molar-refractivity contribution is 7.15. The van der Waals surface area contributed by atoms with Gasteiger partial charge in [-0.15, -0.1) is 11.3 Å². The molecule has 0 saturated carbocycles. The molecule has 0 fully saturated rings. The third-order valence-electron chi connectivity index (χ3n) is 4.42. The van der Waals surface area contributed by atoms with E-state index < -0.39 is 0 Å². The third kappa shape index (κ3) is 3.71. The molecule has 0 bridgehead atoms. The first-order chi connectivity index (χ1) is 13.1. The zero-order valence-electron chi connectivity index (χ0n) is 15.1. The number of fused-ring (bicyclic) bond motifs is 1. The van der Waals surface area contributed by atoms with Gasteiger partial charge in [-0.1, -0.05) is 24.3 Å². The predicted molar refractivity (Wildman–Crippen MR) is 109 cm³/mol. The number of aromatic nitrogens is 2. The number of carbonyl (C=O) groups excluding carboxylic acids is 1. The highest BCUT2D eigenvalue weighted by atomic mass is 32.1. The van der Waals surface area contributed by atoms with E-state index in [0.29, 0.717) is 5.75 Å². The van der Waals surface area contributed by atoms with E-state index in [1.54, 1.807) is 11.3 Å². The molecule has 6 heteroatoms. The highest BCUT2D eigenvalue weighted by Crippen LogP contribution is 2.28. The second kappa shape index (κ2) is 7.25. The molecule has 0 aliphatic heterocycles. The topological polar surface area (TPSA) is 55.6 Å². The van der Waals surface area contributed by atoms with Crippen molar-refractivity contribution in [3.8, 4) is 17.0 Å². The summed E-state index contributed by atoms with van der Waals surface area (Å²) < 4.78 is 7.60. The minimum atomic E-state index is -0.207. The molecule has 0 aliphatic carbocycles. The standard InChI is InChI=1S/C21H19N3O2S/c1-14-7-8-16(11-15(14)2)26-13-20(25)22-18-6-4-3-5-17(18)19-12-24-9-10-27-21(24)23-19/h3-12H,13H2,1-2H3,(H,22,25). The van der Waals surface area contributed by atoms with Crippen LogP contribution in [0.5, 0.6) is 5.75 Å². The minimum Gasteiger partial charge on any atom is -0.484 e. The summed E-state index contributed by atoms with van der Waals surface area (Å²) in [6, 6.07) is 13.5. The Bertz CT molecular complexity index is 1090. The molecule has 4 aromatic rings. The van der Waals surface area contributed by atoms with Crippen LogP contribution in [0.15, 0.2) is 60.2 Å². The van der Waals surface area contributed by atoms with Crippen molar-refractivity contribution in [1.29, 1.82) is 0 Å². The number of nitrogens with one attached hydrogen (secondary N) is 1. The van der Waals surface area contributed by atoms with E-state index >= 15 is 0 Å². The lowest BCUT2D eigenvalue weighted by molar-refractivity contribution is -0.118.